The first-order valence-corrected chi connectivity index (χ1v) is 6.28. The van der Waals surface area contributed by atoms with Gasteiger partial charge in [0.05, 0.1) is 12.1 Å². The van der Waals surface area contributed by atoms with Gasteiger partial charge in [-0.2, -0.15) is 8.78 Å². The number of carboxylic acid groups (broad SMARTS) is 1. The molecule has 5 nitrogen and oxygen atoms in total. The molecule has 2 rings (SSSR count). The zero-order chi connectivity index (χ0) is 15.4. The summed E-state index contributed by atoms with van der Waals surface area (Å²) >= 11 is 0. The van der Waals surface area contributed by atoms with E-state index in [0.29, 0.717) is 6.54 Å². The molecule has 0 fully saturated rings. The van der Waals surface area contributed by atoms with Crippen LogP contribution in [0.15, 0.2) is 36.7 Å². The quantitative estimate of drug-likeness (QED) is 0.890. The third-order valence-electron chi connectivity index (χ3n) is 3.02. The molecule has 0 spiro atoms. The molecule has 0 bridgehead atoms. The van der Waals surface area contributed by atoms with E-state index in [1.807, 2.05) is 4.90 Å². The molecule has 1 N–H and O–H groups in total. The van der Waals surface area contributed by atoms with Gasteiger partial charge in [0.25, 0.3) is 0 Å². The number of imidazole rings is 1. The number of aromatic nitrogens is 2. The van der Waals surface area contributed by atoms with Crippen LogP contribution in [0.4, 0.5) is 8.78 Å². The molecule has 0 radical (unpaired) electrons. The molecule has 0 aliphatic rings. The average molecular weight is 295 g/mol. The SMILES string of the molecule is CN(Cc1ccc(C(=O)O)cc1)Cc1nccn1C(F)F. The van der Waals surface area contributed by atoms with Crippen molar-refractivity contribution in [1.29, 1.82) is 0 Å². The van der Waals surface area contributed by atoms with Crippen molar-refractivity contribution in [1.82, 2.24) is 14.5 Å². The molecule has 0 saturated heterocycles. The van der Waals surface area contributed by atoms with E-state index in [1.165, 1.54) is 24.5 Å². The second-order valence-electron chi connectivity index (χ2n) is 4.70. The zero-order valence-corrected chi connectivity index (χ0v) is 11.4. The number of carboxylic acids is 1. The summed E-state index contributed by atoms with van der Waals surface area (Å²) in [4.78, 5) is 16.5. The van der Waals surface area contributed by atoms with E-state index in [-0.39, 0.29) is 17.9 Å². The summed E-state index contributed by atoms with van der Waals surface area (Å²) in [5, 5.41) is 8.82. The van der Waals surface area contributed by atoms with Crippen molar-refractivity contribution in [2.75, 3.05) is 7.05 Å². The van der Waals surface area contributed by atoms with Gasteiger partial charge in [-0.05, 0) is 24.7 Å². The van der Waals surface area contributed by atoms with Crippen molar-refractivity contribution < 1.29 is 18.7 Å². The van der Waals surface area contributed by atoms with Crippen LogP contribution in [-0.2, 0) is 13.1 Å². The number of nitrogens with zero attached hydrogens (tertiary/aromatic N) is 3. The minimum Gasteiger partial charge on any atom is -0.478 e. The van der Waals surface area contributed by atoms with Gasteiger partial charge in [0.15, 0.2) is 0 Å². The number of carbonyl (C=O) groups is 1. The molecule has 1 aromatic carbocycles. The lowest BCUT2D eigenvalue weighted by atomic mass is 10.1. The first kappa shape index (κ1) is 15.1. The van der Waals surface area contributed by atoms with Crippen LogP contribution >= 0.6 is 0 Å². The van der Waals surface area contributed by atoms with Gasteiger partial charge < -0.3 is 5.11 Å². The zero-order valence-electron chi connectivity index (χ0n) is 11.4. The number of hydrogen-bond acceptors (Lipinski definition) is 3. The van der Waals surface area contributed by atoms with Crippen molar-refractivity contribution in [2.45, 2.75) is 19.6 Å². The van der Waals surface area contributed by atoms with Crippen molar-refractivity contribution in [2.24, 2.45) is 0 Å². The number of alkyl halides is 2. The van der Waals surface area contributed by atoms with Crippen LogP contribution in [0.5, 0.6) is 0 Å². The van der Waals surface area contributed by atoms with E-state index in [1.54, 1.807) is 19.2 Å². The molecule has 0 unspecified atom stereocenters. The maximum Gasteiger partial charge on any atom is 0.335 e. The molecule has 1 heterocycles. The third kappa shape index (κ3) is 3.85. The highest BCUT2D eigenvalue weighted by atomic mass is 19.3. The number of aromatic carboxylic acids is 1. The monoisotopic (exact) mass is 295 g/mol. The van der Waals surface area contributed by atoms with Crippen molar-refractivity contribution in [3.8, 4) is 0 Å². The van der Waals surface area contributed by atoms with Crippen LogP contribution in [0.3, 0.4) is 0 Å². The van der Waals surface area contributed by atoms with Crippen LogP contribution in [0, 0.1) is 0 Å². The lowest BCUT2D eigenvalue weighted by molar-refractivity contribution is 0.0643. The highest BCUT2D eigenvalue weighted by Gasteiger charge is 2.13. The van der Waals surface area contributed by atoms with Crippen molar-refractivity contribution in [3.63, 3.8) is 0 Å². The predicted molar refractivity (Wildman–Crippen MR) is 72.1 cm³/mol. The van der Waals surface area contributed by atoms with Gasteiger partial charge in [0, 0.05) is 18.9 Å². The Hall–Kier alpha value is -2.28. The van der Waals surface area contributed by atoms with Gasteiger partial charge >= 0.3 is 12.5 Å². The van der Waals surface area contributed by atoms with Crippen LogP contribution in [0.1, 0.15) is 28.3 Å². The molecule has 0 amide bonds. The lowest BCUT2D eigenvalue weighted by Crippen LogP contribution is -2.20. The second kappa shape index (κ2) is 6.45. The fourth-order valence-corrected chi connectivity index (χ4v) is 2.01. The molecule has 2 aromatic rings. The molecule has 0 saturated carbocycles. The average Bonchev–Trinajstić information content (AvgIpc) is 2.87. The Bertz CT molecular complexity index is 611. The standard InChI is InChI=1S/C14H15F2N3O2/c1-18(9-12-17-6-7-19(12)14(15)16)8-10-2-4-11(5-3-10)13(20)21/h2-7,14H,8-9H2,1H3,(H,20,21). The summed E-state index contributed by atoms with van der Waals surface area (Å²) in [6.45, 7) is -1.82. The van der Waals surface area contributed by atoms with Crippen LogP contribution in [0.25, 0.3) is 0 Å². The number of rotatable bonds is 6. The lowest BCUT2D eigenvalue weighted by Gasteiger charge is -2.17. The van der Waals surface area contributed by atoms with Crippen LogP contribution in [0.2, 0.25) is 0 Å². The van der Waals surface area contributed by atoms with Gasteiger partial charge in [-0.1, -0.05) is 12.1 Å². The summed E-state index contributed by atoms with van der Waals surface area (Å²) < 4.78 is 26.2. The normalized spacial score (nSPS) is 11.3. The highest BCUT2D eigenvalue weighted by Crippen LogP contribution is 2.14. The third-order valence-corrected chi connectivity index (χ3v) is 3.02. The molecular weight excluding hydrogens is 280 g/mol. The predicted octanol–water partition coefficient (Wildman–Crippen LogP) is 2.61. The summed E-state index contributed by atoms with van der Waals surface area (Å²) in [7, 11) is 1.79. The molecule has 0 aliphatic carbocycles. The number of benzene rings is 1. The number of hydrogen-bond donors (Lipinski definition) is 1. The van der Waals surface area contributed by atoms with Crippen molar-refractivity contribution in [3.05, 3.63) is 53.6 Å². The molecule has 1 aromatic heterocycles. The smallest absolute Gasteiger partial charge is 0.335 e. The molecule has 0 atom stereocenters. The Morgan fingerprint density at radius 2 is 2.00 bits per heavy atom. The van der Waals surface area contributed by atoms with Crippen LogP contribution in [-0.4, -0.2) is 32.6 Å². The molecule has 112 valence electrons. The first-order chi connectivity index (χ1) is 9.97. The fourth-order valence-electron chi connectivity index (χ4n) is 2.01. The Morgan fingerprint density at radius 3 is 2.57 bits per heavy atom. The van der Waals surface area contributed by atoms with E-state index < -0.39 is 12.5 Å². The van der Waals surface area contributed by atoms with Gasteiger partial charge in [-0.25, -0.2) is 9.78 Å². The summed E-state index contributed by atoms with van der Waals surface area (Å²) in [5.74, 6) is -0.691. The highest BCUT2D eigenvalue weighted by molar-refractivity contribution is 5.87. The summed E-state index contributed by atoms with van der Waals surface area (Å²) in [6.07, 6.45) is 2.59. The molecule has 7 heteroatoms. The Morgan fingerprint density at radius 1 is 1.33 bits per heavy atom. The van der Waals surface area contributed by atoms with E-state index in [4.69, 9.17) is 5.11 Å². The Kier molecular flexibility index (Phi) is 4.64. The van der Waals surface area contributed by atoms with Gasteiger partial charge in [0.1, 0.15) is 5.82 Å². The Labute approximate surface area is 120 Å². The van der Waals surface area contributed by atoms with E-state index in [0.717, 1.165) is 10.1 Å². The van der Waals surface area contributed by atoms with Gasteiger partial charge in [0.2, 0.25) is 0 Å². The van der Waals surface area contributed by atoms with Gasteiger partial charge in [-0.15, -0.1) is 0 Å². The summed E-state index contributed by atoms with van der Waals surface area (Å²) in [6, 6.07) is 6.45. The maximum atomic E-state index is 12.7. The number of halogens is 2. The van der Waals surface area contributed by atoms with E-state index in [9.17, 15) is 13.6 Å². The summed E-state index contributed by atoms with van der Waals surface area (Å²) in [5.41, 5.74) is 1.12. The first-order valence-electron chi connectivity index (χ1n) is 6.28. The van der Waals surface area contributed by atoms with Gasteiger partial charge in [-0.3, -0.25) is 9.47 Å². The van der Waals surface area contributed by atoms with E-state index in [2.05, 4.69) is 4.98 Å². The maximum absolute atomic E-state index is 12.7. The van der Waals surface area contributed by atoms with E-state index >= 15 is 0 Å². The minimum absolute atomic E-state index is 0.217. The molecular formula is C14H15F2N3O2. The second-order valence-corrected chi connectivity index (χ2v) is 4.70. The van der Waals surface area contributed by atoms with Crippen molar-refractivity contribution >= 4 is 5.97 Å². The fraction of sp³-hybridized carbons (Fsp3) is 0.286. The molecule has 0 aliphatic heterocycles. The van der Waals surface area contributed by atoms with Crippen LogP contribution < -0.4 is 0 Å². The minimum atomic E-state index is -2.61. The topological polar surface area (TPSA) is 58.4 Å². The molecule has 21 heavy (non-hydrogen) atoms. The largest absolute Gasteiger partial charge is 0.478 e. The Balaban J connectivity index is 1.99.